The number of rotatable bonds is 17. The molecular formula is C23H43NO2. The first-order valence-electron chi connectivity index (χ1n) is 10.8. The molecule has 3 heteroatoms. The van der Waals surface area contributed by atoms with Crippen LogP contribution < -0.4 is 5.73 Å². The van der Waals surface area contributed by atoms with Crippen LogP contribution in [0.15, 0.2) is 24.3 Å². The number of carbonyl (C=O) groups is 1. The first-order valence-corrected chi connectivity index (χ1v) is 10.8. The fourth-order valence-corrected chi connectivity index (χ4v) is 2.84. The molecule has 0 aliphatic heterocycles. The first kappa shape index (κ1) is 25.1. The number of unbranched alkanes of at least 4 members (excludes halogenated alkanes) is 8. The van der Waals surface area contributed by atoms with Crippen LogP contribution in [0.1, 0.15) is 97.8 Å². The molecule has 152 valence electrons. The zero-order valence-corrected chi connectivity index (χ0v) is 17.5. The Hall–Kier alpha value is -0.930. The van der Waals surface area contributed by atoms with Crippen LogP contribution in [0, 0.1) is 5.92 Å². The van der Waals surface area contributed by atoms with Crippen molar-refractivity contribution in [3.63, 3.8) is 0 Å². The number of allylic oxidation sites excluding steroid dienone is 4. The Morgan fingerprint density at radius 2 is 1.42 bits per heavy atom. The summed E-state index contributed by atoms with van der Waals surface area (Å²) in [4.78, 5) is 11.9. The van der Waals surface area contributed by atoms with E-state index in [2.05, 4.69) is 31.2 Å². The van der Waals surface area contributed by atoms with Gasteiger partial charge in [-0.2, -0.15) is 0 Å². The van der Waals surface area contributed by atoms with Crippen LogP contribution in [0.4, 0.5) is 0 Å². The molecule has 2 atom stereocenters. The summed E-state index contributed by atoms with van der Waals surface area (Å²) in [6, 6.07) is -0.444. The van der Waals surface area contributed by atoms with E-state index in [1.54, 1.807) is 0 Å². The molecule has 0 radical (unpaired) electrons. The van der Waals surface area contributed by atoms with Crippen molar-refractivity contribution < 1.29 is 9.90 Å². The maximum absolute atomic E-state index is 11.9. The third-order valence-corrected chi connectivity index (χ3v) is 4.84. The molecule has 1 unspecified atom stereocenters. The summed E-state index contributed by atoms with van der Waals surface area (Å²) < 4.78 is 0. The van der Waals surface area contributed by atoms with Crippen molar-refractivity contribution in [3.05, 3.63) is 24.3 Å². The van der Waals surface area contributed by atoms with E-state index in [-0.39, 0.29) is 11.7 Å². The fraction of sp³-hybridized carbons (Fsp3) is 0.783. The standard InChI is InChI=1S/C23H43NO2/c1-4-5-6-7-8-9-10-11-12-13-14-15-16-17-18-19-21(25)23(26)22(24)20(2)3/h8-9,11-12,20,22-23,26H,4-7,10,13-19,24H2,1-3H3/b9-8-,12-11-/t22-,23?/m0/s1. The zero-order valence-electron chi connectivity index (χ0n) is 17.5. The summed E-state index contributed by atoms with van der Waals surface area (Å²) in [6.45, 7) is 6.10. The van der Waals surface area contributed by atoms with Gasteiger partial charge in [0.2, 0.25) is 0 Å². The second-order valence-corrected chi connectivity index (χ2v) is 7.71. The number of carbonyl (C=O) groups excluding carboxylic acids is 1. The number of hydrogen-bond acceptors (Lipinski definition) is 3. The van der Waals surface area contributed by atoms with Crippen LogP contribution >= 0.6 is 0 Å². The SMILES string of the molecule is CCCCC/C=C\C/C=C\CCCCCCCC(=O)C(O)[C@@H](N)C(C)C. The number of hydrogen-bond donors (Lipinski definition) is 2. The number of ketones is 1. The molecule has 3 N–H and O–H groups in total. The Morgan fingerprint density at radius 1 is 0.885 bits per heavy atom. The Balaban J connectivity index is 3.48. The summed E-state index contributed by atoms with van der Waals surface area (Å²) in [6.07, 6.45) is 21.4. The van der Waals surface area contributed by atoms with Crippen LogP contribution in [-0.2, 0) is 4.79 Å². The second kappa shape index (κ2) is 17.5. The lowest BCUT2D eigenvalue weighted by molar-refractivity contribution is -0.128. The van der Waals surface area contributed by atoms with E-state index in [0.29, 0.717) is 6.42 Å². The Labute approximate surface area is 162 Å². The van der Waals surface area contributed by atoms with Crippen molar-refractivity contribution >= 4 is 5.78 Å². The zero-order chi connectivity index (χ0) is 19.6. The van der Waals surface area contributed by atoms with E-state index in [4.69, 9.17) is 5.73 Å². The molecule has 0 rings (SSSR count). The number of aliphatic hydroxyl groups excluding tert-OH is 1. The van der Waals surface area contributed by atoms with Crippen molar-refractivity contribution in [2.75, 3.05) is 0 Å². The average molecular weight is 366 g/mol. The predicted octanol–water partition coefficient (Wildman–Crippen LogP) is 5.71. The van der Waals surface area contributed by atoms with E-state index in [1.807, 2.05) is 13.8 Å². The molecule has 0 aromatic carbocycles. The van der Waals surface area contributed by atoms with E-state index in [9.17, 15) is 9.90 Å². The predicted molar refractivity (Wildman–Crippen MR) is 113 cm³/mol. The molecule has 0 aliphatic rings. The van der Waals surface area contributed by atoms with Crippen molar-refractivity contribution in [2.24, 2.45) is 11.7 Å². The molecule has 0 bridgehead atoms. The van der Waals surface area contributed by atoms with Crippen molar-refractivity contribution in [1.82, 2.24) is 0 Å². The number of nitrogens with two attached hydrogens (primary N) is 1. The summed E-state index contributed by atoms with van der Waals surface area (Å²) in [7, 11) is 0. The van der Waals surface area contributed by atoms with Crippen LogP contribution in [0.25, 0.3) is 0 Å². The van der Waals surface area contributed by atoms with Crippen molar-refractivity contribution in [1.29, 1.82) is 0 Å². The number of aliphatic hydroxyl groups is 1. The lowest BCUT2D eigenvalue weighted by Crippen LogP contribution is -2.44. The highest BCUT2D eigenvalue weighted by molar-refractivity contribution is 5.83. The molecule has 0 aromatic heterocycles. The maximum Gasteiger partial charge on any atom is 0.162 e. The quantitative estimate of drug-likeness (QED) is 0.256. The van der Waals surface area contributed by atoms with Crippen LogP contribution in [0.5, 0.6) is 0 Å². The third kappa shape index (κ3) is 14.3. The maximum atomic E-state index is 11.9. The minimum absolute atomic E-state index is 0.100. The van der Waals surface area contributed by atoms with Gasteiger partial charge in [-0.25, -0.2) is 0 Å². The van der Waals surface area contributed by atoms with Gasteiger partial charge in [0.25, 0.3) is 0 Å². The minimum Gasteiger partial charge on any atom is -0.384 e. The van der Waals surface area contributed by atoms with Gasteiger partial charge in [0.05, 0.1) is 0 Å². The molecule has 0 amide bonds. The molecule has 0 spiro atoms. The smallest absolute Gasteiger partial charge is 0.162 e. The third-order valence-electron chi connectivity index (χ3n) is 4.84. The van der Waals surface area contributed by atoms with Gasteiger partial charge >= 0.3 is 0 Å². The van der Waals surface area contributed by atoms with Gasteiger partial charge in [-0.1, -0.05) is 77.2 Å². The highest BCUT2D eigenvalue weighted by atomic mass is 16.3. The Morgan fingerprint density at radius 3 is 2.00 bits per heavy atom. The fourth-order valence-electron chi connectivity index (χ4n) is 2.84. The highest BCUT2D eigenvalue weighted by Gasteiger charge is 2.24. The summed E-state index contributed by atoms with van der Waals surface area (Å²) in [5.41, 5.74) is 5.84. The molecule has 0 saturated carbocycles. The second-order valence-electron chi connectivity index (χ2n) is 7.71. The molecule has 0 aromatic rings. The number of Topliss-reactive ketones (excluding diaryl/α,β-unsaturated/α-hetero) is 1. The minimum atomic E-state index is -0.999. The Bertz CT molecular complexity index is 388. The Kier molecular flexibility index (Phi) is 16.9. The van der Waals surface area contributed by atoms with Crippen LogP contribution in [0.3, 0.4) is 0 Å². The van der Waals surface area contributed by atoms with Gasteiger partial charge in [-0.3, -0.25) is 4.79 Å². The summed E-state index contributed by atoms with van der Waals surface area (Å²) in [5, 5.41) is 9.88. The molecular weight excluding hydrogens is 322 g/mol. The van der Waals surface area contributed by atoms with Gasteiger partial charge < -0.3 is 10.8 Å². The van der Waals surface area contributed by atoms with Crippen molar-refractivity contribution in [2.45, 2.75) is 110 Å². The molecule has 0 fully saturated rings. The summed E-state index contributed by atoms with van der Waals surface area (Å²) in [5.74, 6) is 0.0236. The van der Waals surface area contributed by atoms with E-state index in [1.165, 1.54) is 38.5 Å². The largest absolute Gasteiger partial charge is 0.384 e. The van der Waals surface area contributed by atoms with Crippen molar-refractivity contribution in [3.8, 4) is 0 Å². The first-order chi connectivity index (χ1) is 12.5. The molecule has 3 nitrogen and oxygen atoms in total. The van der Waals surface area contributed by atoms with Crippen LogP contribution in [-0.4, -0.2) is 23.0 Å². The lowest BCUT2D eigenvalue weighted by Gasteiger charge is -2.20. The molecule has 0 aliphatic carbocycles. The van der Waals surface area contributed by atoms with Gasteiger partial charge in [0.15, 0.2) is 5.78 Å². The van der Waals surface area contributed by atoms with E-state index < -0.39 is 12.1 Å². The summed E-state index contributed by atoms with van der Waals surface area (Å²) >= 11 is 0. The van der Waals surface area contributed by atoms with Gasteiger partial charge in [-0.05, 0) is 44.4 Å². The normalized spacial score (nSPS) is 14.5. The monoisotopic (exact) mass is 365 g/mol. The highest BCUT2D eigenvalue weighted by Crippen LogP contribution is 2.11. The lowest BCUT2D eigenvalue weighted by atomic mass is 9.94. The van der Waals surface area contributed by atoms with E-state index in [0.717, 1.165) is 32.1 Å². The average Bonchev–Trinajstić information content (AvgIpc) is 2.63. The van der Waals surface area contributed by atoms with Gasteiger partial charge in [0, 0.05) is 12.5 Å². The van der Waals surface area contributed by atoms with Gasteiger partial charge in [-0.15, -0.1) is 0 Å². The molecule has 26 heavy (non-hydrogen) atoms. The molecule has 0 saturated heterocycles. The van der Waals surface area contributed by atoms with Gasteiger partial charge in [0.1, 0.15) is 6.10 Å². The van der Waals surface area contributed by atoms with Crippen LogP contribution in [0.2, 0.25) is 0 Å². The topological polar surface area (TPSA) is 63.3 Å². The van der Waals surface area contributed by atoms with E-state index >= 15 is 0 Å². The molecule has 0 heterocycles.